The van der Waals surface area contributed by atoms with Gasteiger partial charge in [0.15, 0.2) is 0 Å². The molecule has 0 aromatic rings. The molecule has 0 N–H and O–H groups in total. The van der Waals surface area contributed by atoms with Crippen molar-refractivity contribution in [3.8, 4) is 0 Å². The largest absolute Gasteiger partial charge is 0.462 e. The summed E-state index contributed by atoms with van der Waals surface area (Å²) in [4.78, 5) is 27.0. The van der Waals surface area contributed by atoms with Gasteiger partial charge < -0.3 is 9.64 Å². The van der Waals surface area contributed by atoms with Gasteiger partial charge in [0.1, 0.15) is 0 Å². The second-order valence-corrected chi connectivity index (χ2v) is 4.43. The van der Waals surface area contributed by atoms with Crippen LogP contribution in [0.3, 0.4) is 0 Å². The van der Waals surface area contributed by atoms with E-state index in [1.165, 1.54) is 13.5 Å². The second-order valence-electron chi connectivity index (χ2n) is 4.43. The van der Waals surface area contributed by atoms with Crippen LogP contribution in [0.1, 0.15) is 19.3 Å². The Morgan fingerprint density at radius 2 is 1.94 bits per heavy atom. The first-order valence-electron chi connectivity index (χ1n) is 5.83. The number of hydrogen-bond acceptors (Lipinski definition) is 4. The topological polar surface area (TPSA) is 49.9 Å². The molecule has 2 rings (SSSR count). The summed E-state index contributed by atoms with van der Waals surface area (Å²) in [7, 11) is 1.25. The molecule has 90 valence electrons. The zero-order chi connectivity index (χ0) is 11.5. The highest BCUT2D eigenvalue weighted by atomic mass is 16.5. The van der Waals surface area contributed by atoms with Crippen molar-refractivity contribution in [1.29, 1.82) is 0 Å². The van der Waals surface area contributed by atoms with Gasteiger partial charge >= 0.3 is 11.9 Å². The van der Waals surface area contributed by atoms with Crippen molar-refractivity contribution >= 4 is 11.9 Å². The minimum absolute atomic E-state index is 0.441. The highest BCUT2D eigenvalue weighted by molar-refractivity contribution is 6.32. The van der Waals surface area contributed by atoms with Gasteiger partial charge in [-0.1, -0.05) is 0 Å². The van der Waals surface area contributed by atoms with Gasteiger partial charge in [-0.15, -0.1) is 0 Å². The molecule has 0 bridgehead atoms. The number of carbonyl (C=O) groups excluding carboxylic acids is 2. The average Bonchev–Trinajstić information content (AvgIpc) is 2.64. The third kappa shape index (κ3) is 2.19. The van der Waals surface area contributed by atoms with Gasteiger partial charge in [0.05, 0.1) is 7.11 Å². The molecule has 2 aliphatic rings. The molecule has 1 unspecified atom stereocenters. The monoisotopic (exact) mass is 226 g/mol. The second kappa shape index (κ2) is 4.82. The van der Waals surface area contributed by atoms with Crippen molar-refractivity contribution in [2.75, 3.05) is 33.3 Å². The Bertz CT molecular complexity index is 293. The molecule has 2 aliphatic heterocycles. The van der Waals surface area contributed by atoms with E-state index in [1.807, 2.05) is 0 Å². The molecule has 0 aliphatic carbocycles. The Morgan fingerprint density at radius 3 is 2.69 bits per heavy atom. The molecule has 0 saturated carbocycles. The van der Waals surface area contributed by atoms with Gasteiger partial charge in [0.2, 0.25) is 0 Å². The number of methoxy groups -OCH3 is 1. The Hall–Kier alpha value is -1.10. The zero-order valence-corrected chi connectivity index (χ0v) is 9.65. The molecule has 2 saturated heterocycles. The first-order valence-corrected chi connectivity index (χ1v) is 5.83. The lowest BCUT2D eigenvalue weighted by Crippen LogP contribution is -2.42. The maximum atomic E-state index is 11.7. The maximum Gasteiger partial charge on any atom is 0.396 e. The van der Waals surface area contributed by atoms with Crippen LogP contribution < -0.4 is 0 Å². The summed E-state index contributed by atoms with van der Waals surface area (Å²) in [5.74, 6) is -1.23. The van der Waals surface area contributed by atoms with Gasteiger partial charge in [0, 0.05) is 25.7 Å². The number of fused-ring (bicyclic) bond motifs is 1. The van der Waals surface area contributed by atoms with E-state index in [0.29, 0.717) is 19.1 Å². The lowest BCUT2D eigenvalue weighted by atomic mass is 10.2. The fourth-order valence-corrected chi connectivity index (χ4v) is 2.61. The van der Waals surface area contributed by atoms with Crippen molar-refractivity contribution in [3.05, 3.63) is 0 Å². The fraction of sp³-hybridized carbons (Fsp3) is 0.818. The number of ether oxygens (including phenoxy) is 1. The van der Waals surface area contributed by atoms with Gasteiger partial charge in [0.25, 0.3) is 0 Å². The smallest absolute Gasteiger partial charge is 0.396 e. The minimum Gasteiger partial charge on any atom is -0.462 e. The average molecular weight is 226 g/mol. The van der Waals surface area contributed by atoms with Crippen LogP contribution in [0.5, 0.6) is 0 Å². The molecule has 0 radical (unpaired) electrons. The predicted octanol–water partition coefficient (Wildman–Crippen LogP) is -0.144. The van der Waals surface area contributed by atoms with Crippen LogP contribution >= 0.6 is 0 Å². The lowest BCUT2D eigenvalue weighted by Gasteiger charge is -2.24. The zero-order valence-electron chi connectivity index (χ0n) is 9.65. The van der Waals surface area contributed by atoms with E-state index in [9.17, 15) is 9.59 Å². The molecule has 0 aromatic carbocycles. The third-order valence-corrected chi connectivity index (χ3v) is 3.45. The van der Waals surface area contributed by atoms with Crippen molar-refractivity contribution in [2.24, 2.45) is 0 Å². The number of rotatable bonds is 0. The Morgan fingerprint density at radius 1 is 1.19 bits per heavy atom. The van der Waals surface area contributed by atoms with Gasteiger partial charge in [-0.25, -0.2) is 4.79 Å². The third-order valence-electron chi connectivity index (χ3n) is 3.45. The molecular weight excluding hydrogens is 208 g/mol. The molecule has 0 spiro atoms. The summed E-state index contributed by atoms with van der Waals surface area (Å²) in [6.45, 7) is 3.51. The molecule has 0 aromatic heterocycles. The van der Waals surface area contributed by atoms with E-state index >= 15 is 0 Å². The number of hydrogen-bond donors (Lipinski definition) is 0. The van der Waals surface area contributed by atoms with E-state index in [-0.39, 0.29) is 0 Å². The van der Waals surface area contributed by atoms with Gasteiger partial charge in [-0.05, 0) is 25.8 Å². The molecule has 5 nitrogen and oxygen atoms in total. The summed E-state index contributed by atoms with van der Waals surface area (Å²) in [5.41, 5.74) is 0. The van der Waals surface area contributed by atoms with E-state index < -0.39 is 11.9 Å². The first-order chi connectivity index (χ1) is 7.72. The van der Waals surface area contributed by atoms with Crippen LogP contribution in [-0.4, -0.2) is 61.0 Å². The fourth-order valence-electron chi connectivity index (χ4n) is 2.61. The van der Waals surface area contributed by atoms with Crippen LogP contribution in [0.4, 0.5) is 0 Å². The lowest BCUT2D eigenvalue weighted by molar-refractivity contribution is -0.158. The first kappa shape index (κ1) is 11.4. The molecule has 2 fully saturated rings. The van der Waals surface area contributed by atoms with E-state index in [1.54, 1.807) is 4.90 Å². The Balaban J connectivity index is 2.00. The molecule has 1 atom stereocenters. The highest BCUT2D eigenvalue weighted by Gasteiger charge is 2.32. The number of amides is 1. The SMILES string of the molecule is COC(=O)C(=O)N1CCCN2CCCC2C1. The van der Waals surface area contributed by atoms with Crippen LogP contribution in [0.25, 0.3) is 0 Å². The van der Waals surface area contributed by atoms with Crippen LogP contribution in [0, 0.1) is 0 Å². The van der Waals surface area contributed by atoms with Crippen molar-refractivity contribution in [1.82, 2.24) is 9.80 Å². The van der Waals surface area contributed by atoms with Gasteiger partial charge in [-0.2, -0.15) is 0 Å². The summed E-state index contributed by atoms with van der Waals surface area (Å²) >= 11 is 0. The summed E-state index contributed by atoms with van der Waals surface area (Å²) in [6, 6.07) is 0.441. The normalized spacial score (nSPS) is 26.1. The van der Waals surface area contributed by atoms with Crippen molar-refractivity contribution < 1.29 is 14.3 Å². The molecular formula is C11H18N2O3. The van der Waals surface area contributed by atoms with Crippen molar-refractivity contribution in [2.45, 2.75) is 25.3 Å². The number of nitrogens with zero attached hydrogens (tertiary/aromatic N) is 2. The Kier molecular flexibility index (Phi) is 3.43. The number of esters is 1. The maximum absolute atomic E-state index is 11.7. The van der Waals surface area contributed by atoms with Crippen LogP contribution in [0.2, 0.25) is 0 Å². The summed E-state index contributed by atoms with van der Waals surface area (Å²) in [6.07, 6.45) is 3.27. The Labute approximate surface area is 95.3 Å². The van der Waals surface area contributed by atoms with Gasteiger partial charge in [-0.3, -0.25) is 9.69 Å². The summed E-state index contributed by atoms with van der Waals surface area (Å²) in [5, 5.41) is 0. The molecule has 16 heavy (non-hydrogen) atoms. The molecule has 5 heteroatoms. The van der Waals surface area contributed by atoms with Crippen LogP contribution in [0.15, 0.2) is 0 Å². The predicted molar refractivity (Wildman–Crippen MR) is 57.8 cm³/mol. The van der Waals surface area contributed by atoms with E-state index in [4.69, 9.17) is 0 Å². The standard InChI is InChI=1S/C11H18N2O3/c1-16-11(15)10(14)13-7-3-6-12-5-2-4-9(12)8-13/h9H,2-8H2,1H3. The quantitative estimate of drug-likeness (QED) is 0.426. The minimum atomic E-state index is -0.744. The van der Waals surface area contributed by atoms with Crippen LogP contribution in [-0.2, 0) is 14.3 Å². The van der Waals surface area contributed by atoms with Crippen molar-refractivity contribution in [3.63, 3.8) is 0 Å². The van der Waals surface area contributed by atoms with E-state index in [0.717, 1.165) is 25.9 Å². The summed E-state index contributed by atoms with van der Waals surface area (Å²) < 4.78 is 4.47. The highest BCUT2D eigenvalue weighted by Crippen LogP contribution is 2.21. The molecule has 1 amide bonds. The van der Waals surface area contributed by atoms with E-state index in [2.05, 4.69) is 9.64 Å². The molecule has 2 heterocycles. The number of carbonyl (C=O) groups is 2.